The SMILES string of the molecule is CC(C)(C)CN(C[C@@H]1CCCN1)C(=O)O. The van der Waals surface area contributed by atoms with Crippen LogP contribution < -0.4 is 5.32 Å². The highest BCUT2D eigenvalue weighted by Crippen LogP contribution is 2.16. The van der Waals surface area contributed by atoms with Gasteiger partial charge in [0.05, 0.1) is 0 Å². The molecular weight excluding hydrogens is 192 g/mol. The number of nitrogens with one attached hydrogen (secondary N) is 1. The van der Waals surface area contributed by atoms with Gasteiger partial charge < -0.3 is 15.3 Å². The lowest BCUT2D eigenvalue weighted by molar-refractivity contribution is 0.121. The molecule has 1 amide bonds. The standard InChI is InChI=1S/C11H22N2O2/c1-11(2,3)8-13(10(14)15)7-9-5-4-6-12-9/h9,12H,4-8H2,1-3H3,(H,14,15)/t9-/m0/s1. The largest absolute Gasteiger partial charge is 0.465 e. The van der Waals surface area contributed by atoms with Crippen LogP contribution in [0, 0.1) is 5.41 Å². The summed E-state index contributed by atoms with van der Waals surface area (Å²) in [7, 11) is 0. The van der Waals surface area contributed by atoms with E-state index in [9.17, 15) is 4.79 Å². The van der Waals surface area contributed by atoms with Crippen LogP contribution in [0.5, 0.6) is 0 Å². The first-order valence-electron chi connectivity index (χ1n) is 5.60. The Kier molecular flexibility index (Phi) is 3.97. The molecule has 15 heavy (non-hydrogen) atoms. The Labute approximate surface area is 91.6 Å². The molecular formula is C11H22N2O2. The van der Waals surface area contributed by atoms with Crippen molar-refractivity contribution in [3.63, 3.8) is 0 Å². The summed E-state index contributed by atoms with van der Waals surface area (Å²) in [6.45, 7) is 8.42. The molecule has 1 aliphatic heterocycles. The molecule has 1 rings (SSSR count). The Hall–Kier alpha value is -0.770. The van der Waals surface area contributed by atoms with Gasteiger partial charge in [0.2, 0.25) is 0 Å². The van der Waals surface area contributed by atoms with Crippen molar-refractivity contribution in [3.8, 4) is 0 Å². The lowest BCUT2D eigenvalue weighted by Crippen LogP contribution is -2.44. The van der Waals surface area contributed by atoms with E-state index < -0.39 is 6.09 Å². The molecule has 0 bridgehead atoms. The molecule has 4 heteroatoms. The molecule has 0 radical (unpaired) electrons. The van der Waals surface area contributed by atoms with Crippen molar-refractivity contribution in [2.24, 2.45) is 5.41 Å². The van der Waals surface area contributed by atoms with Gasteiger partial charge in [-0.3, -0.25) is 0 Å². The molecule has 0 aromatic carbocycles. The zero-order chi connectivity index (χ0) is 11.5. The molecule has 1 saturated heterocycles. The number of carboxylic acid groups (broad SMARTS) is 1. The second-order valence-corrected chi connectivity index (χ2v) is 5.52. The predicted octanol–water partition coefficient (Wildman–Crippen LogP) is 1.76. The van der Waals surface area contributed by atoms with Crippen LogP contribution >= 0.6 is 0 Å². The summed E-state index contributed by atoms with van der Waals surface area (Å²) in [6.07, 6.45) is 1.44. The number of amides is 1. The highest BCUT2D eigenvalue weighted by molar-refractivity contribution is 5.65. The van der Waals surface area contributed by atoms with E-state index in [1.54, 1.807) is 0 Å². The van der Waals surface area contributed by atoms with Gasteiger partial charge in [0, 0.05) is 19.1 Å². The van der Waals surface area contributed by atoms with Crippen molar-refractivity contribution in [1.82, 2.24) is 10.2 Å². The summed E-state index contributed by atoms with van der Waals surface area (Å²) in [6, 6.07) is 0.350. The van der Waals surface area contributed by atoms with E-state index in [0.717, 1.165) is 19.4 Å². The molecule has 0 aromatic heterocycles. The van der Waals surface area contributed by atoms with Crippen LogP contribution in [0.25, 0.3) is 0 Å². The van der Waals surface area contributed by atoms with Gasteiger partial charge in [0.25, 0.3) is 0 Å². The van der Waals surface area contributed by atoms with E-state index in [2.05, 4.69) is 26.1 Å². The Balaban J connectivity index is 2.46. The monoisotopic (exact) mass is 214 g/mol. The summed E-state index contributed by atoms with van der Waals surface area (Å²) in [5.41, 5.74) is 0.0248. The molecule has 1 aliphatic rings. The summed E-state index contributed by atoms with van der Waals surface area (Å²) in [4.78, 5) is 12.6. The van der Waals surface area contributed by atoms with E-state index >= 15 is 0 Å². The third kappa shape index (κ3) is 4.51. The number of nitrogens with zero attached hydrogens (tertiary/aromatic N) is 1. The second kappa shape index (κ2) is 4.84. The smallest absolute Gasteiger partial charge is 0.407 e. The molecule has 1 fully saturated rings. The number of rotatable bonds is 3. The topological polar surface area (TPSA) is 52.6 Å². The summed E-state index contributed by atoms with van der Waals surface area (Å²) < 4.78 is 0. The minimum Gasteiger partial charge on any atom is -0.465 e. The lowest BCUT2D eigenvalue weighted by Gasteiger charge is -2.29. The van der Waals surface area contributed by atoms with E-state index in [-0.39, 0.29) is 5.41 Å². The molecule has 88 valence electrons. The van der Waals surface area contributed by atoms with E-state index in [0.29, 0.717) is 19.1 Å². The average Bonchev–Trinajstić information content (AvgIpc) is 2.52. The Morgan fingerprint density at radius 2 is 2.20 bits per heavy atom. The summed E-state index contributed by atoms with van der Waals surface area (Å²) in [5.74, 6) is 0. The Morgan fingerprint density at radius 3 is 2.60 bits per heavy atom. The zero-order valence-corrected chi connectivity index (χ0v) is 9.92. The molecule has 1 heterocycles. The fourth-order valence-electron chi connectivity index (χ4n) is 1.96. The third-order valence-electron chi connectivity index (χ3n) is 2.54. The minimum absolute atomic E-state index is 0.0248. The van der Waals surface area contributed by atoms with Gasteiger partial charge in [-0.05, 0) is 24.8 Å². The van der Waals surface area contributed by atoms with Crippen LogP contribution in [0.15, 0.2) is 0 Å². The van der Waals surface area contributed by atoms with Gasteiger partial charge in [0.1, 0.15) is 0 Å². The van der Waals surface area contributed by atoms with Crippen molar-refractivity contribution in [3.05, 3.63) is 0 Å². The van der Waals surface area contributed by atoms with Crippen LogP contribution in [0.1, 0.15) is 33.6 Å². The molecule has 1 atom stereocenters. The quantitative estimate of drug-likeness (QED) is 0.752. The highest BCUT2D eigenvalue weighted by Gasteiger charge is 2.24. The van der Waals surface area contributed by atoms with Gasteiger partial charge in [-0.2, -0.15) is 0 Å². The molecule has 0 aromatic rings. The van der Waals surface area contributed by atoms with Gasteiger partial charge >= 0.3 is 6.09 Å². The molecule has 0 aliphatic carbocycles. The summed E-state index contributed by atoms with van der Waals surface area (Å²) >= 11 is 0. The van der Waals surface area contributed by atoms with Gasteiger partial charge in [-0.15, -0.1) is 0 Å². The predicted molar refractivity (Wildman–Crippen MR) is 60.1 cm³/mol. The fraction of sp³-hybridized carbons (Fsp3) is 0.909. The van der Waals surface area contributed by atoms with Crippen molar-refractivity contribution < 1.29 is 9.90 Å². The van der Waals surface area contributed by atoms with Crippen molar-refractivity contribution in [2.75, 3.05) is 19.6 Å². The third-order valence-corrected chi connectivity index (χ3v) is 2.54. The van der Waals surface area contributed by atoms with Crippen LogP contribution in [0.2, 0.25) is 0 Å². The van der Waals surface area contributed by atoms with Gasteiger partial charge in [-0.25, -0.2) is 4.79 Å². The first-order chi connectivity index (χ1) is 6.88. The highest BCUT2D eigenvalue weighted by atomic mass is 16.4. The Bertz CT molecular complexity index is 217. The Morgan fingerprint density at radius 1 is 1.53 bits per heavy atom. The number of carbonyl (C=O) groups is 1. The van der Waals surface area contributed by atoms with Crippen molar-refractivity contribution in [1.29, 1.82) is 0 Å². The second-order valence-electron chi connectivity index (χ2n) is 5.52. The van der Waals surface area contributed by atoms with E-state index in [1.165, 1.54) is 4.90 Å². The lowest BCUT2D eigenvalue weighted by atomic mass is 9.96. The average molecular weight is 214 g/mol. The molecule has 0 unspecified atom stereocenters. The molecule has 4 nitrogen and oxygen atoms in total. The van der Waals surface area contributed by atoms with Crippen molar-refractivity contribution >= 4 is 6.09 Å². The maximum Gasteiger partial charge on any atom is 0.407 e. The maximum absolute atomic E-state index is 11.1. The van der Waals surface area contributed by atoms with Crippen LogP contribution in [0.4, 0.5) is 4.79 Å². The maximum atomic E-state index is 11.1. The van der Waals surface area contributed by atoms with E-state index in [4.69, 9.17) is 5.11 Å². The minimum atomic E-state index is -0.807. The normalized spacial score (nSPS) is 21.7. The van der Waals surface area contributed by atoms with Crippen LogP contribution in [0.3, 0.4) is 0 Å². The molecule has 0 spiro atoms. The van der Waals surface area contributed by atoms with Crippen LogP contribution in [-0.4, -0.2) is 41.8 Å². The van der Waals surface area contributed by atoms with E-state index in [1.807, 2.05) is 0 Å². The molecule has 0 saturated carbocycles. The van der Waals surface area contributed by atoms with Gasteiger partial charge in [0.15, 0.2) is 0 Å². The van der Waals surface area contributed by atoms with Crippen molar-refractivity contribution in [2.45, 2.75) is 39.7 Å². The number of hydrogen-bond acceptors (Lipinski definition) is 2. The molecule has 2 N–H and O–H groups in total. The van der Waals surface area contributed by atoms with Gasteiger partial charge in [-0.1, -0.05) is 20.8 Å². The fourth-order valence-corrected chi connectivity index (χ4v) is 1.96. The van der Waals surface area contributed by atoms with Crippen LogP contribution in [-0.2, 0) is 0 Å². The first-order valence-corrected chi connectivity index (χ1v) is 5.60. The first kappa shape index (κ1) is 12.3. The number of hydrogen-bond donors (Lipinski definition) is 2. The summed E-state index contributed by atoms with van der Waals surface area (Å²) in [5, 5.41) is 12.4. The zero-order valence-electron chi connectivity index (χ0n) is 9.92.